The third-order valence-electron chi connectivity index (χ3n) is 3.07. The van der Waals surface area contributed by atoms with Gasteiger partial charge in [-0.25, -0.2) is 0 Å². The van der Waals surface area contributed by atoms with Gasteiger partial charge in [0.25, 0.3) is 0 Å². The quantitative estimate of drug-likeness (QED) is 0.620. The Balaban J connectivity index is 2.26. The van der Waals surface area contributed by atoms with Gasteiger partial charge in [0.2, 0.25) is 6.20 Å². The van der Waals surface area contributed by atoms with Gasteiger partial charge in [-0.2, -0.15) is 0 Å². The smallest absolute Gasteiger partial charge is 0.235 e. The molecule has 102 valence electrons. The largest absolute Gasteiger partial charge is 0.372 e. The molecule has 5 heteroatoms. The minimum Gasteiger partial charge on any atom is -0.372 e. The molecule has 0 bridgehead atoms. The molecule has 1 saturated heterocycles. The fourth-order valence-electron chi connectivity index (χ4n) is 2.43. The highest BCUT2D eigenvalue weighted by molar-refractivity contribution is 5.67. The number of anilines is 1. The lowest BCUT2D eigenvalue weighted by atomic mass is 10.1. The van der Waals surface area contributed by atoms with Gasteiger partial charge in [0, 0.05) is 30.4 Å². The second kappa shape index (κ2) is 5.84. The van der Waals surface area contributed by atoms with Gasteiger partial charge >= 0.3 is 0 Å². The van der Waals surface area contributed by atoms with Crippen LogP contribution in [0.2, 0.25) is 0 Å². The summed E-state index contributed by atoms with van der Waals surface area (Å²) in [6.07, 6.45) is 2.85. The van der Waals surface area contributed by atoms with E-state index in [-0.39, 0.29) is 12.2 Å². The third-order valence-corrected chi connectivity index (χ3v) is 3.07. The van der Waals surface area contributed by atoms with Gasteiger partial charge in [-0.05, 0) is 19.9 Å². The van der Waals surface area contributed by atoms with Crippen LogP contribution in [-0.4, -0.2) is 30.2 Å². The topological polar surface area (TPSA) is 55.6 Å². The van der Waals surface area contributed by atoms with Gasteiger partial charge in [-0.1, -0.05) is 18.2 Å². The number of nitrogens with zero attached hydrogens (tertiary/aromatic N) is 2. The number of hydrogen-bond acceptors (Lipinski definition) is 4. The van der Waals surface area contributed by atoms with Gasteiger partial charge < -0.3 is 9.64 Å². The van der Waals surface area contributed by atoms with E-state index in [1.54, 1.807) is 6.08 Å². The monoisotopic (exact) mass is 262 g/mol. The molecule has 2 rings (SSSR count). The van der Waals surface area contributed by atoms with E-state index >= 15 is 0 Å². The van der Waals surface area contributed by atoms with Crippen LogP contribution in [0.25, 0.3) is 6.08 Å². The standard InChI is InChI=1S/C14H18N2O3/c1-11-9-15(10-12(2)19-11)14-6-4-3-5-13(14)7-8-16(17)18/h3-8,11-12H,9-10H2,1-2H3/b8-7+/t11-,12+. The summed E-state index contributed by atoms with van der Waals surface area (Å²) in [6, 6.07) is 7.71. The summed E-state index contributed by atoms with van der Waals surface area (Å²) in [5, 5.41) is 10.4. The Morgan fingerprint density at radius 1 is 1.32 bits per heavy atom. The van der Waals surface area contributed by atoms with Gasteiger partial charge in [0.15, 0.2) is 0 Å². The van der Waals surface area contributed by atoms with Crippen LogP contribution in [0.15, 0.2) is 30.5 Å². The van der Waals surface area contributed by atoms with Crippen molar-refractivity contribution < 1.29 is 9.66 Å². The molecule has 2 atom stereocenters. The van der Waals surface area contributed by atoms with Crippen molar-refractivity contribution in [2.24, 2.45) is 0 Å². The lowest BCUT2D eigenvalue weighted by Gasteiger charge is -2.37. The average molecular weight is 262 g/mol. The van der Waals surface area contributed by atoms with Crippen LogP contribution in [0.4, 0.5) is 5.69 Å². The van der Waals surface area contributed by atoms with Crippen molar-refractivity contribution in [3.05, 3.63) is 46.1 Å². The Bertz CT molecular complexity index is 477. The molecule has 0 aliphatic carbocycles. The van der Waals surface area contributed by atoms with Gasteiger partial charge in [0.1, 0.15) is 0 Å². The van der Waals surface area contributed by atoms with Crippen molar-refractivity contribution in [3.8, 4) is 0 Å². The summed E-state index contributed by atoms with van der Waals surface area (Å²) in [6.45, 7) is 5.68. The molecule has 19 heavy (non-hydrogen) atoms. The first-order chi connectivity index (χ1) is 9.06. The molecule has 1 aliphatic heterocycles. The first-order valence-corrected chi connectivity index (χ1v) is 6.37. The molecule has 0 amide bonds. The molecular weight excluding hydrogens is 244 g/mol. The molecule has 0 aromatic heterocycles. The lowest BCUT2D eigenvalue weighted by molar-refractivity contribution is -0.400. The minimum absolute atomic E-state index is 0.163. The Kier molecular flexibility index (Phi) is 4.16. The predicted octanol–water partition coefficient (Wildman–Crippen LogP) is 2.55. The maximum atomic E-state index is 10.4. The van der Waals surface area contributed by atoms with Gasteiger partial charge in [0.05, 0.1) is 17.1 Å². The Morgan fingerprint density at radius 2 is 1.95 bits per heavy atom. The van der Waals surface area contributed by atoms with E-state index in [1.165, 1.54) is 0 Å². The summed E-state index contributed by atoms with van der Waals surface area (Å²) in [4.78, 5) is 12.2. The van der Waals surface area contributed by atoms with Crippen molar-refractivity contribution in [2.75, 3.05) is 18.0 Å². The van der Waals surface area contributed by atoms with E-state index in [0.29, 0.717) is 0 Å². The lowest BCUT2D eigenvalue weighted by Crippen LogP contribution is -2.45. The number of nitro groups is 1. The molecule has 0 spiro atoms. The van der Waals surface area contributed by atoms with E-state index in [1.807, 2.05) is 38.1 Å². The number of hydrogen-bond donors (Lipinski definition) is 0. The third kappa shape index (κ3) is 3.54. The molecule has 0 N–H and O–H groups in total. The highest BCUT2D eigenvalue weighted by atomic mass is 16.6. The minimum atomic E-state index is -0.443. The summed E-state index contributed by atoms with van der Waals surface area (Å²) >= 11 is 0. The van der Waals surface area contributed by atoms with Crippen LogP contribution in [0.5, 0.6) is 0 Å². The maximum Gasteiger partial charge on any atom is 0.235 e. The second-order valence-corrected chi connectivity index (χ2v) is 4.82. The van der Waals surface area contributed by atoms with E-state index in [0.717, 1.165) is 30.5 Å². The van der Waals surface area contributed by atoms with E-state index in [2.05, 4.69) is 4.90 Å². The zero-order valence-corrected chi connectivity index (χ0v) is 11.2. The van der Waals surface area contributed by atoms with Crippen LogP contribution >= 0.6 is 0 Å². The SMILES string of the molecule is C[C@@H]1CN(c2ccccc2/C=C/[N+](=O)[O-])C[C@H](C)O1. The van der Waals surface area contributed by atoms with Crippen LogP contribution in [0, 0.1) is 10.1 Å². The fraction of sp³-hybridized carbons (Fsp3) is 0.429. The number of rotatable bonds is 3. The molecule has 1 heterocycles. The second-order valence-electron chi connectivity index (χ2n) is 4.82. The number of benzene rings is 1. The maximum absolute atomic E-state index is 10.4. The average Bonchev–Trinajstić information content (AvgIpc) is 2.35. The summed E-state index contributed by atoms with van der Waals surface area (Å²) in [5.74, 6) is 0. The summed E-state index contributed by atoms with van der Waals surface area (Å²) < 4.78 is 5.71. The molecule has 1 aromatic rings. The highest BCUT2D eigenvalue weighted by Crippen LogP contribution is 2.25. The molecule has 0 saturated carbocycles. The van der Waals surface area contributed by atoms with Crippen molar-refractivity contribution in [1.82, 2.24) is 0 Å². The van der Waals surface area contributed by atoms with Crippen LogP contribution in [0.3, 0.4) is 0 Å². The van der Waals surface area contributed by atoms with Crippen molar-refractivity contribution >= 4 is 11.8 Å². The fourth-order valence-corrected chi connectivity index (χ4v) is 2.43. The number of morpholine rings is 1. The molecule has 1 aliphatic rings. The van der Waals surface area contributed by atoms with Gasteiger partial charge in [-0.3, -0.25) is 10.1 Å². The molecular formula is C14H18N2O3. The Hall–Kier alpha value is -1.88. The van der Waals surface area contributed by atoms with E-state index in [4.69, 9.17) is 4.74 Å². The molecule has 1 aromatic carbocycles. The zero-order valence-electron chi connectivity index (χ0n) is 11.2. The first kappa shape index (κ1) is 13.5. The molecule has 0 unspecified atom stereocenters. The van der Waals surface area contributed by atoms with Crippen LogP contribution < -0.4 is 4.90 Å². The number of para-hydroxylation sites is 1. The van der Waals surface area contributed by atoms with Gasteiger partial charge in [-0.15, -0.1) is 0 Å². The van der Waals surface area contributed by atoms with Crippen molar-refractivity contribution in [1.29, 1.82) is 0 Å². The summed E-state index contributed by atoms with van der Waals surface area (Å²) in [7, 11) is 0. The summed E-state index contributed by atoms with van der Waals surface area (Å²) in [5.41, 5.74) is 1.88. The van der Waals surface area contributed by atoms with Crippen molar-refractivity contribution in [3.63, 3.8) is 0 Å². The molecule has 1 fully saturated rings. The van der Waals surface area contributed by atoms with Crippen LogP contribution in [0.1, 0.15) is 19.4 Å². The van der Waals surface area contributed by atoms with E-state index < -0.39 is 4.92 Å². The Morgan fingerprint density at radius 3 is 2.58 bits per heavy atom. The van der Waals surface area contributed by atoms with Crippen LogP contribution in [-0.2, 0) is 4.74 Å². The molecule has 5 nitrogen and oxygen atoms in total. The number of ether oxygens (including phenoxy) is 1. The van der Waals surface area contributed by atoms with E-state index in [9.17, 15) is 10.1 Å². The highest BCUT2D eigenvalue weighted by Gasteiger charge is 2.23. The zero-order chi connectivity index (χ0) is 13.8. The first-order valence-electron chi connectivity index (χ1n) is 6.37. The predicted molar refractivity (Wildman–Crippen MR) is 74.7 cm³/mol. The normalized spacial score (nSPS) is 23.8. The Labute approximate surface area is 112 Å². The molecule has 0 radical (unpaired) electrons. The van der Waals surface area contributed by atoms with Crippen molar-refractivity contribution in [2.45, 2.75) is 26.1 Å².